The number of carbonyl (C=O) groups excluding carboxylic acids is 2. The molecule has 5 rings (SSSR count). The zero-order chi connectivity index (χ0) is 25.6. The molecule has 1 aliphatic heterocycles. The average molecular weight is 517 g/mol. The van der Waals surface area contributed by atoms with E-state index in [2.05, 4.69) is 36.1 Å². The second-order valence-corrected chi connectivity index (χ2v) is 8.45. The van der Waals surface area contributed by atoms with E-state index in [0.717, 1.165) is 5.56 Å². The summed E-state index contributed by atoms with van der Waals surface area (Å²) in [6, 6.07) is 12.0. The van der Waals surface area contributed by atoms with Gasteiger partial charge in [-0.1, -0.05) is 42.0 Å². The number of hydrogen-bond donors (Lipinski definition) is 3. The van der Waals surface area contributed by atoms with Crippen molar-refractivity contribution in [3.05, 3.63) is 89.6 Å². The molecule has 3 N–H and O–H groups in total. The van der Waals surface area contributed by atoms with Crippen molar-refractivity contribution in [1.29, 1.82) is 0 Å². The van der Waals surface area contributed by atoms with E-state index in [1.54, 1.807) is 42.6 Å². The molecule has 1 aliphatic rings. The number of rotatable bonds is 4. The molecule has 2 aromatic heterocycles. The molecule has 12 heteroatoms. The highest BCUT2D eigenvalue weighted by Crippen LogP contribution is 2.28. The lowest BCUT2D eigenvalue weighted by atomic mass is 10.1. The number of carbonyl (C=O) groups is 2. The smallest absolute Gasteiger partial charge is 0.411 e. The fourth-order valence-electron chi connectivity index (χ4n) is 3.81. The minimum atomic E-state index is -0.562. The Morgan fingerprint density at radius 2 is 2.11 bits per heavy atom. The van der Waals surface area contributed by atoms with E-state index in [4.69, 9.17) is 16.3 Å². The van der Waals surface area contributed by atoms with Crippen LogP contribution in [0.15, 0.2) is 73.2 Å². The van der Waals surface area contributed by atoms with Crippen molar-refractivity contribution in [1.82, 2.24) is 35.5 Å². The number of aromatic nitrogens is 6. The Hall–Kier alpha value is -4.77. The Kier molecular flexibility index (Phi) is 7.04. The molecule has 4 aromatic rings. The Balaban J connectivity index is 1.39. The maximum absolute atomic E-state index is 12.9. The summed E-state index contributed by atoms with van der Waals surface area (Å²) in [5.41, 5.74) is 3.34. The van der Waals surface area contributed by atoms with Gasteiger partial charge in [0.2, 0.25) is 5.91 Å². The number of imidazole rings is 1. The van der Waals surface area contributed by atoms with E-state index in [1.807, 2.05) is 24.3 Å². The Labute approximate surface area is 216 Å². The van der Waals surface area contributed by atoms with Gasteiger partial charge in [-0.3, -0.25) is 10.1 Å². The summed E-state index contributed by atoms with van der Waals surface area (Å²) < 4.78 is 6.70. The van der Waals surface area contributed by atoms with Crippen LogP contribution in [0.2, 0.25) is 5.02 Å². The Bertz CT molecular complexity index is 1480. The highest BCUT2D eigenvalue weighted by molar-refractivity contribution is 6.30. The molecule has 0 spiro atoms. The summed E-state index contributed by atoms with van der Waals surface area (Å²) in [6.45, 7) is 0.0891. The van der Waals surface area contributed by atoms with Crippen molar-refractivity contribution < 1.29 is 14.3 Å². The molecule has 0 unspecified atom stereocenters. The molecule has 37 heavy (non-hydrogen) atoms. The molecule has 0 fully saturated rings. The first kappa shape index (κ1) is 23.9. The van der Waals surface area contributed by atoms with E-state index in [1.165, 1.54) is 17.1 Å². The standard InChI is InChI=1S/C25H21ClN8O3/c26-17-9-10-22(34-15-28-32-33-34)16(13-17)8-11-23(35)29-20-7-3-4-12-37-25(36)31-19-6-2-1-5-18(19)21-14-27-24(20)30-21/h1-6,8-11,13-15,20H,7,12H2,(H,27,30)(H,29,35)(H,31,36)/b4-3?,11-8+/t20-/m0/s1. The third-order valence-electron chi connectivity index (χ3n) is 5.54. The molecule has 2 aromatic carbocycles. The summed E-state index contributed by atoms with van der Waals surface area (Å²) >= 11 is 6.17. The topological polar surface area (TPSA) is 140 Å². The molecular formula is C25H21ClN8O3. The largest absolute Gasteiger partial charge is 0.445 e. The van der Waals surface area contributed by atoms with Gasteiger partial charge in [0, 0.05) is 22.2 Å². The van der Waals surface area contributed by atoms with Crippen molar-refractivity contribution in [2.24, 2.45) is 0 Å². The maximum atomic E-state index is 12.9. The van der Waals surface area contributed by atoms with E-state index >= 15 is 0 Å². The number of halogens is 1. The molecule has 186 valence electrons. The summed E-state index contributed by atoms with van der Waals surface area (Å²) in [5, 5.41) is 17.5. The Morgan fingerprint density at radius 3 is 2.97 bits per heavy atom. The van der Waals surface area contributed by atoms with Crippen LogP contribution in [-0.2, 0) is 9.53 Å². The van der Waals surface area contributed by atoms with Crippen LogP contribution in [-0.4, -0.2) is 48.8 Å². The first-order valence-electron chi connectivity index (χ1n) is 11.3. The number of aromatic amines is 1. The normalized spacial score (nSPS) is 15.6. The number of para-hydroxylation sites is 1. The lowest BCUT2D eigenvalue weighted by Crippen LogP contribution is -2.27. The van der Waals surface area contributed by atoms with Crippen LogP contribution < -0.4 is 10.6 Å². The third kappa shape index (κ3) is 5.73. The number of benzene rings is 2. The first-order chi connectivity index (χ1) is 18.1. The van der Waals surface area contributed by atoms with Crippen LogP contribution in [0.4, 0.5) is 10.5 Å². The molecule has 0 radical (unpaired) electrons. The average Bonchev–Trinajstić information content (AvgIpc) is 3.60. The molecule has 11 nitrogen and oxygen atoms in total. The van der Waals surface area contributed by atoms with E-state index < -0.39 is 12.1 Å². The second kappa shape index (κ2) is 10.9. The molecule has 2 bridgehead atoms. The highest BCUT2D eigenvalue weighted by Gasteiger charge is 2.18. The van der Waals surface area contributed by atoms with Gasteiger partial charge in [0.25, 0.3) is 0 Å². The molecule has 0 saturated carbocycles. The summed E-state index contributed by atoms with van der Waals surface area (Å²) in [5.74, 6) is 0.233. The minimum Gasteiger partial charge on any atom is -0.445 e. The number of amides is 2. The van der Waals surface area contributed by atoms with E-state index in [9.17, 15) is 9.59 Å². The molecule has 0 saturated heterocycles. The fourth-order valence-corrected chi connectivity index (χ4v) is 3.99. The van der Waals surface area contributed by atoms with Crippen LogP contribution in [0.1, 0.15) is 23.9 Å². The minimum absolute atomic E-state index is 0.0891. The van der Waals surface area contributed by atoms with Gasteiger partial charge in [-0.2, -0.15) is 4.68 Å². The third-order valence-corrected chi connectivity index (χ3v) is 5.78. The number of nitrogens with one attached hydrogen (secondary N) is 3. The molecule has 0 aliphatic carbocycles. The van der Waals surface area contributed by atoms with Crippen LogP contribution >= 0.6 is 11.6 Å². The van der Waals surface area contributed by atoms with Gasteiger partial charge in [0.1, 0.15) is 18.8 Å². The summed E-state index contributed by atoms with van der Waals surface area (Å²) in [7, 11) is 0. The fraction of sp³-hybridized carbons (Fsp3) is 0.120. The predicted octanol–water partition coefficient (Wildman–Crippen LogP) is 4.08. The zero-order valence-electron chi connectivity index (χ0n) is 19.3. The van der Waals surface area contributed by atoms with Crippen molar-refractivity contribution in [2.45, 2.75) is 12.5 Å². The van der Waals surface area contributed by atoms with Crippen molar-refractivity contribution >= 4 is 35.4 Å². The number of cyclic esters (lactones) is 1. The van der Waals surface area contributed by atoms with Gasteiger partial charge in [0.05, 0.1) is 29.3 Å². The summed E-state index contributed by atoms with van der Waals surface area (Å²) in [6.07, 6.45) is 9.57. The van der Waals surface area contributed by atoms with Gasteiger partial charge in [-0.15, -0.1) is 5.10 Å². The van der Waals surface area contributed by atoms with Crippen LogP contribution in [0.5, 0.6) is 0 Å². The van der Waals surface area contributed by atoms with Gasteiger partial charge in [0.15, 0.2) is 0 Å². The number of anilines is 1. The van der Waals surface area contributed by atoms with Crippen LogP contribution in [0.25, 0.3) is 23.0 Å². The lowest BCUT2D eigenvalue weighted by molar-refractivity contribution is -0.117. The molecule has 2 amide bonds. The molecular weight excluding hydrogens is 496 g/mol. The lowest BCUT2D eigenvalue weighted by Gasteiger charge is -2.14. The number of H-pyrrole nitrogens is 1. The van der Waals surface area contributed by atoms with Crippen LogP contribution in [0.3, 0.4) is 0 Å². The van der Waals surface area contributed by atoms with E-state index in [0.29, 0.717) is 39.9 Å². The quantitative estimate of drug-likeness (QED) is 0.274. The van der Waals surface area contributed by atoms with Crippen molar-refractivity contribution in [3.8, 4) is 16.9 Å². The summed E-state index contributed by atoms with van der Waals surface area (Å²) in [4.78, 5) is 32.9. The zero-order valence-corrected chi connectivity index (χ0v) is 20.1. The number of hydrogen-bond acceptors (Lipinski definition) is 7. The Morgan fingerprint density at radius 1 is 1.22 bits per heavy atom. The number of ether oxygens (including phenoxy) is 1. The van der Waals surface area contributed by atoms with Crippen molar-refractivity contribution in [2.75, 3.05) is 11.9 Å². The molecule has 1 atom stereocenters. The van der Waals surface area contributed by atoms with E-state index in [-0.39, 0.29) is 12.5 Å². The molecule has 3 heterocycles. The van der Waals surface area contributed by atoms with Crippen molar-refractivity contribution in [3.63, 3.8) is 0 Å². The second-order valence-electron chi connectivity index (χ2n) is 8.01. The van der Waals surface area contributed by atoms with Gasteiger partial charge < -0.3 is 15.0 Å². The van der Waals surface area contributed by atoms with Crippen LogP contribution in [0, 0.1) is 0 Å². The maximum Gasteiger partial charge on any atom is 0.411 e. The van der Waals surface area contributed by atoms with Gasteiger partial charge in [-0.25, -0.2) is 9.78 Å². The first-order valence-corrected chi connectivity index (χ1v) is 11.7. The number of tetrazole rings is 1. The predicted molar refractivity (Wildman–Crippen MR) is 137 cm³/mol. The van der Waals surface area contributed by atoms with Gasteiger partial charge in [-0.05, 0) is 47.2 Å². The van der Waals surface area contributed by atoms with Gasteiger partial charge >= 0.3 is 6.09 Å². The highest BCUT2D eigenvalue weighted by atomic mass is 35.5. The SMILES string of the molecule is O=C(/C=C/c1cc(Cl)ccc1-n1cnnn1)N[C@H]1CC=CCOC(=O)Nc2ccccc2-c2cnc1[nH]2. The number of fused-ring (bicyclic) bond motifs is 4. The number of nitrogens with zero attached hydrogens (tertiary/aromatic N) is 5. The monoisotopic (exact) mass is 516 g/mol.